The standard InChI is InChI=1S/C13H17BrFN/c1-13(2)6-3-7-16(13)9-10-4-5-11(15)8-12(10)14/h4-5,8H,3,6-7,9H2,1-2H3. The zero-order valence-corrected chi connectivity index (χ0v) is 11.3. The molecule has 1 aliphatic heterocycles. The molecular formula is C13H17BrFN. The normalized spacial score (nSPS) is 20.2. The van der Waals surface area contributed by atoms with Crippen LogP contribution in [0.4, 0.5) is 4.39 Å². The van der Waals surface area contributed by atoms with Crippen LogP contribution >= 0.6 is 15.9 Å². The van der Waals surface area contributed by atoms with E-state index in [9.17, 15) is 4.39 Å². The van der Waals surface area contributed by atoms with E-state index in [1.165, 1.54) is 18.9 Å². The van der Waals surface area contributed by atoms with Crippen LogP contribution in [0.15, 0.2) is 22.7 Å². The Morgan fingerprint density at radius 2 is 2.19 bits per heavy atom. The van der Waals surface area contributed by atoms with Crippen LogP contribution in [0, 0.1) is 5.82 Å². The molecule has 16 heavy (non-hydrogen) atoms. The van der Waals surface area contributed by atoms with E-state index in [0.717, 1.165) is 23.1 Å². The molecule has 88 valence electrons. The Kier molecular flexibility index (Phi) is 3.36. The minimum absolute atomic E-state index is 0.184. The maximum atomic E-state index is 13.0. The summed E-state index contributed by atoms with van der Waals surface area (Å²) in [6.07, 6.45) is 2.50. The van der Waals surface area contributed by atoms with Crippen LogP contribution in [-0.4, -0.2) is 17.0 Å². The second-order valence-corrected chi connectivity index (χ2v) is 5.93. The van der Waals surface area contributed by atoms with Gasteiger partial charge < -0.3 is 0 Å². The molecule has 0 atom stereocenters. The number of hydrogen-bond donors (Lipinski definition) is 0. The van der Waals surface area contributed by atoms with Gasteiger partial charge in [-0.15, -0.1) is 0 Å². The molecule has 0 spiro atoms. The van der Waals surface area contributed by atoms with Crippen molar-refractivity contribution in [3.05, 3.63) is 34.1 Å². The van der Waals surface area contributed by atoms with Crippen molar-refractivity contribution in [1.82, 2.24) is 4.90 Å². The molecule has 1 nitrogen and oxygen atoms in total. The molecule has 1 heterocycles. The third-order valence-corrected chi connectivity index (χ3v) is 4.19. The second-order valence-electron chi connectivity index (χ2n) is 5.07. The van der Waals surface area contributed by atoms with Gasteiger partial charge in [0.1, 0.15) is 5.82 Å². The van der Waals surface area contributed by atoms with Crippen LogP contribution in [0.25, 0.3) is 0 Å². The molecule has 0 amide bonds. The molecule has 0 bridgehead atoms. The van der Waals surface area contributed by atoms with E-state index in [2.05, 4.69) is 34.7 Å². The van der Waals surface area contributed by atoms with Gasteiger partial charge in [-0.2, -0.15) is 0 Å². The maximum absolute atomic E-state index is 13.0. The third kappa shape index (κ3) is 2.46. The molecule has 0 N–H and O–H groups in total. The first-order chi connectivity index (χ1) is 7.49. The predicted octanol–water partition coefficient (Wildman–Crippen LogP) is 3.96. The Hall–Kier alpha value is -0.410. The van der Waals surface area contributed by atoms with E-state index in [4.69, 9.17) is 0 Å². The molecule has 1 saturated heterocycles. The molecule has 1 fully saturated rings. The summed E-state index contributed by atoms with van der Waals surface area (Å²) >= 11 is 3.43. The quantitative estimate of drug-likeness (QED) is 0.795. The highest BCUT2D eigenvalue weighted by molar-refractivity contribution is 9.10. The van der Waals surface area contributed by atoms with Gasteiger partial charge in [0.15, 0.2) is 0 Å². The minimum atomic E-state index is -0.184. The second kappa shape index (κ2) is 4.46. The highest BCUT2D eigenvalue weighted by atomic mass is 79.9. The van der Waals surface area contributed by atoms with E-state index in [1.807, 2.05) is 6.07 Å². The highest BCUT2D eigenvalue weighted by Crippen LogP contribution is 2.31. The summed E-state index contributed by atoms with van der Waals surface area (Å²) in [6, 6.07) is 4.94. The first-order valence-electron chi connectivity index (χ1n) is 5.68. The lowest BCUT2D eigenvalue weighted by molar-refractivity contribution is 0.166. The van der Waals surface area contributed by atoms with Crippen molar-refractivity contribution in [3.63, 3.8) is 0 Å². The van der Waals surface area contributed by atoms with E-state index < -0.39 is 0 Å². The Morgan fingerprint density at radius 3 is 2.75 bits per heavy atom. The summed E-state index contributed by atoms with van der Waals surface area (Å²) in [5.41, 5.74) is 1.43. The molecule has 1 aromatic rings. The molecule has 0 radical (unpaired) electrons. The number of hydrogen-bond acceptors (Lipinski definition) is 1. The number of halogens is 2. The molecule has 0 aliphatic carbocycles. The summed E-state index contributed by atoms with van der Waals surface area (Å²) < 4.78 is 13.8. The van der Waals surface area contributed by atoms with Crippen molar-refractivity contribution >= 4 is 15.9 Å². The highest BCUT2D eigenvalue weighted by Gasteiger charge is 2.31. The van der Waals surface area contributed by atoms with Gasteiger partial charge in [-0.1, -0.05) is 22.0 Å². The summed E-state index contributed by atoms with van der Waals surface area (Å²) in [4.78, 5) is 2.46. The van der Waals surface area contributed by atoms with Crippen LogP contribution in [0.2, 0.25) is 0 Å². The van der Waals surface area contributed by atoms with E-state index in [0.29, 0.717) is 0 Å². The molecule has 1 aliphatic rings. The Labute approximate surface area is 105 Å². The number of likely N-dealkylation sites (tertiary alicyclic amines) is 1. The van der Waals surface area contributed by atoms with Crippen molar-refractivity contribution < 1.29 is 4.39 Å². The van der Waals surface area contributed by atoms with Crippen molar-refractivity contribution in [2.45, 2.75) is 38.8 Å². The molecule has 2 rings (SSSR count). The maximum Gasteiger partial charge on any atom is 0.124 e. The van der Waals surface area contributed by atoms with Gasteiger partial charge in [0.2, 0.25) is 0 Å². The predicted molar refractivity (Wildman–Crippen MR) is 67.8 cm³/mol. The van der Waals surface area contributed by atoms with E-state index in [-0.39, 0.29) is 11.4 Å². The van der Waals surface area contributed by atoms with Crippen LogP contribution in [0.1, 0.15) is 32.3 Å². The number of nitrogens with zero attached hydrogens (tertiary/aromatic N) is 1. The lowest BCUT2D eigenvalue weighted by Crippen LogP contribution is -2.37. The zero-order valence-electron chi connectivity index (χ0n) is 9.76. The smallest absolute Gasteiger partial charge is 0.124 e. The van der Waals surface area contributed by atoms with E-state index in [1.54, 1.807) is 6.07 Å². The Morgan fingerprint density at radius 1 is 1.44 bits per heavy atom. The van der Waals surface area contributed by atoms with Gasteiger partial charge in [0.05, 0.1) is 0 Å². The minimum Gasteiger partial charge on any atom is -0.294 e. The number of rotatable bonds is 2. The summed E-state index contributed by atoms with van der Waals surface area (Å²) in [5.74, 6) is -0.184. The third-order valence-electron chi connectivity index (χ3n) is 3.45. The molecular weight excluding hydrogens is 269 g/mol. The Balaban J connectivity index is 2.15. The molecule has 3 heteroatoms. The molecule has 1 aromatic carbocycles. The first-order valence-corrected chi connectivity index (χ1v) is 6.47. The lowest BCUT2D eigenvalue weighted by Gasteiger charge is -2.31. The van der Waals surface area contributed by atoms with Crippen LogP contribution in [0.3, 0.4) is 0 Å². The van der Waals surface area contributed by atoms with Crippen molar-refractivity contribution in [2.75, 3.05) is 6.54 Å². The number of benzene rings is 1. The fourth-order valence-corrected chi connectivity index (χ4v) is 2.79. The van der Waals surface area contributed by atoms with Crippen molar-refractivity contribution in [3.8, 4) is 0 Å². The largest absolute Gasteiger partial charge is 0.294 e. The van der Waals surface area contributed by atoms with Crippen molar-refractivity contribution in [1.29, 1.82) is 0 Å². The van der Waals surface area contributed by atoms with Gasteiger partial charge in [-0.3, -0.25) is 4.90 Å². The summed E-state index contributed by atoms with van der Waals surface area (Å²) in [7, 11) is 0. The monoisotopic (exact) mass is 285 g/mol. The average molecular weight is 286 g/mol. The molecule has 0 saturated carbocycles. The van der Waals surface area contributed by atoms with Gasteiger partial charge >= 0.3 is 0 Å². The molecule has 0 aromatic heterocycles. The van der Waals surface area contributed by atoms with Crippen molar-refractivity contribution in [2.24, 2.45) is 0 Å². The summed E-state index contributed by atoms with van der Waals surface area (Å²) in [6.45, 7) is 6.58. The van der Waals surface area contributed by atoms with Gasteiger partial charge in [0, 0.05) is 16.6 Å². The average Bonchev–Trinajstić information content (AvgIpc) is 2.50. The topological polar surface area (TPSA) is 3.24 Å². The van der Waals surface area contributed by atoms with E-state index >= 15 is 0 Å². The van der Waals surface area contributed by atoms with Crippen LogP contribution in [-0.2, 0) is 6.54 Å². The van der Waals surface area contributed by atoms with Gasteiger partial charge in [0.25, 0.3) is 0 Å². The van der Waals surface area contributed by atoms with Crippen LogP contribution < -0.4 is 0 Å². The lowest BCUT2D eigenvalue weighted by atomic mass is 10.0. The zero-order chi connectivity index (χ0) is 11.8. The fraction of sp³-hybridized carbons (Fsp3) is 0.538. The van der Waals surface area contributed by atoms with Gasteiger partial charge in [-0.25, -0.2) is 4.39 Å². The summed E-state index contributed by atoms with van der Waals surface area (Å²) in [5, 5.41) is 0. The molecule has 0 unspecified atom stereocenters. The Bertz CT molecular complexity index is 390. The van der Waals surface area contributed by atoms with Crippen LogP contribution in [0.5, 0.6) is 0 Å². The first kappa shape index (κ1) is 12.1. The fourth-order valence-electron chi connectivity index (χ4n) is 2.31. The van der Waals surface area contributed by atoms with Gasteiger partial charge in [-0.05, 0) is 50.9 Å². The SMILES string of the molecule is CC1(C)CCCN1Cc1ccc(F)cc1Br.